The first-order valence-corrected chi connectivity index (χ1v) is 7.05. The third kappa shape index (κ3) is 2.92. The molecule has 9 nitrogen and oxygen atoms in total. The number of carbonyl (C=O) groups excluding carboxylic acids is 1. The number of hydrogen-bond donors (Lipinski definition) is 1. The first-order valence-electron chi connectivity index (χ1n) is 7.05. The van der Waals surface area contributed by atoms with Crippen LogP contribution in [0, 0.1) is 10.1 Å². The van der Waals surface area contributed by atoms with Crippen LogP contribution in [-0.4, -0.2) is 49.2 Å². The fourth-order valence-electron chi connectivity index (χ4n) is 2.85. The van der Waals surface area contributed by atoms with Crippen molar-refractivity contribution >= 4 is 17.7 Å². The van der Waals surface area contributed by atoms with Gasteiger partial charge < -0.3 is 20.1 Å². The van der Waals surface area contributed by atoms with Crippen LogP contribution in [0.4, 0.5) is 5.82 Å². The van der Waals surface area contributed by atoms with Crippen molar-refractivity contribution in [1.29, 1.82) is 0 Å². The summed E-state index contributed by atoms with van der Waals surface area (Å²) in [6.45, 7) is -0.223. The molecular formula is C13H18N4O5. The highest BCUT2D eigenvalue weighted by Crippen LogP contribution is 2.33. The van der Waals surface area contributed by atoms with E-state index in [1.807, 2.05) is 0 Å². The Balaban J connectivity index is 2.12. The van der Waals surface area contributed by atoms with Crippen LogP contribution >= 0.6 is 0 Å². The third-order valence-electron chi connectivity index (χ3n) is 4.21. The Labute approximate surface area is 126 Å². The molecule has 0 aromatic carbocycles. The molecular weight excluding hydrogens is 292 g/mol. The van der Waals surface area contributed by atoms with Gasteiger partial charge in [-0.15, -0.1) is 0 Å². The van der Waals surface area contributed by atoms with Crippen molar-refractivity contribution < 1.29 is 19.6 Å². The van der Waals surface area contributed by atoms with Gasteiger partial charge in [0, 0.05) is 7.05 Å². The minimum absolute atomic E-state index is 0.223. The standard InChI is InChI=1S/C13H18N4O5/c1-15(13(12(19)20)6-3-2-4-7-13)11(18)9-16-8-5-10(14-16)17(21)22/h5,8H,2-4,6-7,9H2,1H3,(H,19,20). The van der Waals surface area contributed by atoms with E-state index in [0.29, 0.717) is 12.8 Å². The van der Waals surface area contributed by atoms with Crippen LogP contribution in [0.3, 0.4) is 0 Å². The maximum Gasteiger partial charge on any atom is 0.389 e. The summed E-state index contributed by atoms with van der Waals surface area (Å²) in [5, 5.41) is 23.8. The van der Waals surface area contributed by atoms with Crippen LogP contribution in [0.25, 0.3) is 0 Å². The minimum Gasteiger partial charge on any atom is -0.479 e. The van der Waals surface area contributed by atoms with Gasteiger partial charge in [0.2, 0.25) is 5.91 Å². The SMILES string of the molecule is CN(C(=O)Cn1ccc([N+](=O)[O-])n1)C1(C(=O)O)CCCCC1. The molecule has 0 saturated heterocycles. The molecule has 1 saturated carbocycles. The third-order valence-corrected chi connectivity index (χ3v) is 4.21. The van der Waals surface area contributed by atoms with Gasteiger partial charge in [0.05, 0.1) is 17.4 Å². The summed E-state index contributed by atoms with van der Waals surface area (Å²) in [6.07, 6.45) is 4.66. The van der Waals surface area contributed by atoms with E-state index in [-0.39, 0.29) is 12.4 Å². The lowest BCUT2D eigenvalue weighted by Gasteiger charge is -2.40. The van der Waals surface area contributed by atoms with Crippen molar-refractivity contribution in [3.05, 3.63) is 22.4 Å². The summed E-state index contributed by atoms with van der Waals surface area (Å²) in [4.78, 5) is 35.2. The number of likely N-dealkylation sites (N-methyl/N-ethyl adjacent to an activating group) is 1. The molecule has 1 aliphatic carbocycles. The second-order valence-electron chi connectivity index (χ2n) is 5.48. The van der Waals surface area contributed by atoms with Gasteiger partial charge in [-0.05, 0) is 17.8 Å². The van der Waals surface area contributed by atoms with E-state index in [0.717, 1.165) is 23.9 Å². The Morgan fingerprint density at radius 1 is 1.45 bits per heavy atom. The largest absolute Gasteiger partial charge is 0.479 e. The normalized spacial score (nSPS) is 17.0. The number of rotatable bonds is 5. The smallest absolute Gasteiger partial charge is 0.389 e. The highest BCUT2D eigenvalue weighted by atomic mass is 16.6. The molecule has 0 bridgehead atoms. The van der Waals surface area contributed by atoms with Gasteiger partial charge in [0.25, 0.3) is 0 Å². The molecule has 2 rings (SSSR count). The second kappa shape index (κ2) is 6.12. The number of carboxylic acids is 1. The number of nitrogens with zero attached hydrogens (tertiary/aromatic N) is 4. The lowest BCUT2D eigenvalue weighted by Crippen LogP contribution is -2.57. The number of carbonyl (C=O) groups is 2. The second-order valence-corrected chi connectivity index (χ2v) is 5.48. The number of amides is 1. The van der Waals surface area contributed by atoms with Crippen LogP contribution in [0.2, 0.25) is 0 Å². The summed E-state index contributed by atoms with van der Waals surface area (Å²) in [5.41, 5.74) is -1.19. The lowest BCUT2D eigenvalue weighted by atomic mass is 9.80. The average molecular weight is 310 g/mol. The van der Waals surface area contributed by atoms with Crippen molar-refractivity contribution in [2.45, 2.75) is 44.2 Å². The zero-order chi connectivity index (χ0) is 16.3. The van der Waals surface area contributed by atoms with Gasteiger partial charge in [-0.3, -0.25) is 4.79 Å². The molecule has 1 aromatic heterocycles. The molecule has 1 aromatic rings. The Bertz CT molecular complexity index is 591. The first kappa shape index (κ1) is 15.9. The Morgan fingerprint density at radius 3 is 2.59 bits per heavy atom. The number of carboxylic acid groups (broad SMARTS) is 1. The summed E-state index contributed by atoms with van der Waals surface area (Å²) in [5.74, 6) is -1.78. The summed E-state index contributed by atoms with van der Waals surface area (Å²) < 4.78 is 1.15. The monoisotopic (exact) mass is 310 g/mol. The van der Waals surface area contributed by atoms with Gasteiger partial charge in [0.1, 0.15) is 12.1 Å². The molecule has 1 fully saturated rings. The van der Waals surface area contributed by atoms with Gasteiger partial charge >= 0.3 is 11.8 Å². The van der Waals surface area contributed by atoms with Crippen LogP contribution < -0.4 is 0 Å². The van der Waals surface area contributed by atoms with Crippen LogP contribution in [0.5, 0.6) is 0 Å². The predicted molar refractivity (Wildman–Crippen MR) is 75.1 cm³/mol. The topological polar surface area (TPSA) is 119 Å². The molecule has 0 aliphatic heterocycles. The number of aliphatic carboxylic acids is 1. The van der Waals surface area contributed by atoms with E-state index in [2.05, 4.69) is 5.10 Å². The fourth-order valence-corrected chi connectivity index (χ4v) is 2.85. The highest BCUT2D eigenvalue weighted by molar-refractivity contribution is 5.86. The number of nitro groups is 1. The Morgan fingerprint density at radius 2 is 2.09 bits per heavy atom. The molecule has 0 unspecified atom stereocenters. The van der Waals surface area contributed by atoms with Gasteiger partial charge in [-0.1, -0.05) is 19.3 Å². The van der Waals surface area contributed by atoms with Gasteiger partial charge in [-0.2, -0.15) is 4.68 Å². The molecule has 1 aliphatic rings. The molecule has 1 N–H and O–H groups in total. The van der Waals surface area contributed by atoms with E-state index in [1.54, 1.807) is 0 Å². The Hall–Kier alpha value is -2.45. The molecule has 1 amide bonds. The van der Waals surface area contributed by atoms with E-state index < -0.39 is 22.3 Å². The van der Waals surface area contributed by atoms with E-state index in [4.69, 9.17) is 0 Å². The summed E-state index contributed by atoms with van der Waals surface area (Å²) in [6, 6.07) is 1.20. The molecule has 22 heavy (non-hydrogen) atoms. The zero-order valence-electron chi connectivity index (χ0n) is 12.3. The van der Waals surface area contributed by atoms with Crippen LogP contribution in [0.1, 0.15) is 32.1 Å². The lowest BCUT2D eigenvalue weighted by molar-refractivity contribution is -0.389. The van der Waals surface area contributed by atoms with Crippen molar-refractivity contribution in [1.82, 2.24) is 14.7 Å². The molecule has 120 valence electrons. The van der Waals surface area contributed by atoms with Crippen molar-refractivity contribution in [3.63, 3.8) is 0 Å². The highest BCUT2D eigenvalue weighted by Gasteiger charge is 2.45. The van der Waals surface area contributed by atoms with E-state index >= 15 is 0 Å². The van der Waals surface area contributed by atoms with Crippen molar-refractivity contribution in [3.8, 4) is 0 Å². The van der Waals surface area contributed by atoms with Crippen molar-refractivity contribution in [2.24, 2.45) is 0 Å². The summed E-state index contributed by atoms with van der Waals surface area (Å²) in [7, 11) is 1.47. The van der Waals surface area contributed by atoms with Gasteiger partial charge in [0.15, 0.2) is 0 Å². The summed E-state index contributed by atoms with van der Waals surface area (Å²) >= 11 is 0. The molecule has 1 heterocycles. The van der Waals surface area contributed by atoms with E-state index in [9.17, 15) is 24.8 Å². The zero-order valence-corrected chi connectivity index (χ0v) is 12.3. The molecule has 0 radical (unpaired) electrons. The molecule has 9 heteroatoms. The van der Waals surface area contributed by atoms with E-state index in [1.165, 1.54) is 24.2 Å². The molecule has 0 atom stereocenters. The van der Waals surface area contributed by atoms with Gasteiger partial charge in [-0.25, -0.2) is 4.79 Å². The number of aromatic nitrogens is 2. The fraction of sp³-hybridized carbons (Fsp3) is 0.615. The predicted octanol–water partition coefficient (Wildman–Crippen LogP) is 1.04. The molecule has 0 spiro atoms. The first-order chi connectivity index (χ1) is 10.4. The van der Waals surface area contributed by atoms with Crippen LogP contribution in [-0.2, 0) is 16.1 Å². The Kier molecular flexibility index (Phi) is 4.43. The van der Waals surface area contributed by atoms with Crippen LogP contribution in [0.15, 0.2) is 12.3 Å². The quantitative estimate of drug-likeness (QED) is 0.641. The minimum atomic E-state index is -1.19. The maximum absolute atomic E-state index is 12.3. The number of hydrogen-bond acceptors (Lipinski definition) is 5. The maximum atomic E-state index is 12.3. The van der Waals surface area contributed by atoms with Crippen molar-refractivity contribution in [2.75, 3.05) is 7.05 Å². The average Bonchev–Trinajstić information content (AvgIpc) is 2.95.